The van der Waals surface area contributed by atoms with Crippen LogP contribution >= 0.6 is 21.9 Å². The molecule has 1 aliphatic heterocycles. The number of amides is 1. The minimum Gasteiger partial charge on any atom is -0.497 e. The van der Waals surface area contributed by atoms with E-state index in [-0.39, 0.29) is 12.3 Å². The van der Waals surface area contributed by atoms with Gasteiger partial charge in [0.05, 0.1) is 36.4 Å². The molecule has 7 rings (SSSR count). The van der Waals surface area contributed by atoms with Gasteiger partial charge in [0.25, 0.3) is 0 Å². The summed E-state index contributed by atoms with van der Waals surface area (Å²) in [5, 5.41) is 8.31. The number of thiazole rings is 1. The maximum Gasteiger partial charge on any atom is 0.228 e. The number of benzene rings is 3. The Balaban J connectivity index is 1.11. The smallest absolute Gasteiger partial charge is 0.228 e. The van der Waals surface area contributed by atoms with Crippen LogP contribution in [0.15, 0.2) is 96.6 Å². The van der Waals surface area contributed by atoms with Crippen molar-refractivity contribution in [3.05, 3.63) is 102 Å². The van der Waals surface area contributed by atoms with E-state index in [4.69, 9.17) is 14.7 Å². The lowest BCUT2D eigenvalue weighted by molar-refractivity contribution is -0.115. The number of fused-ring (bicyclic) bond motifs is 1. The Bertz CT molecular complexity index is 2030. The van der Waals surface area contributed by atoms with Crippen molar-refractivity contribution in [3.8, 4) is 28.4 Å². The number of nitrogens with one attached hydrogen (secondary N) is 2. The molecule has 0 unspecified atom stereocenters. The fourth-order valence-corrected chi connectivity index (χ4v) is 7.51. The highest BCUT2D eigenvalue weighted by Crippen LogP contribution is 2.41. The van der Waals surface area contributed by atoms with Crippen molar-refractivity contribution in [2.24, 2.45) is 0 Å². The molecule has 3 aromatic heterocycles. The van der Waals surface area contributed by atoms with E-state index in [0.717, 1.165) is 38.9 Å². The van der Waals surface area contributed by atoms with Gasteiger partial charge in [-0.15, -0.1) is 11.3 Å². The predicted octanol–water partition coefficient (Wildman–Crippen LogP) is 7.02. The van der Waals surface area contributed by atoms with E-state index in [1.165, 1.54) is 11.3 Å². The fourth-order valence-electron chi connectivity index (χ4n) is 5.57. The Morgan fingerprint density at radius 2 is 1.79 bits per heavy atom. The van der Waals surface area contributed by atoms with Gasteiger partial charge in [-0.3, -0.25) is 18.3 Å². The first-order valence-electron chi connectivity index (χ1n) is 15.0. The number of imidazole rings is 1. The molecule has 13 heteroatoms. The van der Waals surface area contributed by atoms with Crippen LogP contribution in [0.2, 0.25) is 0 Å². The Morgan fingerprint density at radius 1 is 0.979 bits per heavy atom. The van der Waals surface area contributed by atoms with Crippen LogP contribution < -0.4 is 20.3 Å². The summed E-state index contributed by atoms with van der Waals surface area (Å²) in [6.07, 6.45) is 3.91. The molecule has 4 heterocycles. The fraction of sp³-hybridized carbons (Fsp3) is 0.176. The van der Waals surface area contributed by atoms with Gasteiger partial charge in [-0.25, -0.2) is 15.0 Å². The molecule has 1 aliphatic rings. The Morgan fingerprint density at radius 3 is 2.60 bits per heavy atom. The van der Waals surface area contributed by atoms with Crippen molar-refractivity contribution < 1.29 is 18.6 Å². The number of ether oxygens (including phenoxy) is 1. The van der Waals surface area contributed by atoms with E-state index < -0.39 is 10.6 Å². The van der Waals surface area contributed by atoms with Crippen LogP contribution in [0.25, 0.3) is 27.6 Å². The number of rotatable bonds is 9. The summed E-state index contributed by atoms with van der Waals surface area (Å²) in [6.45, 7) is 1.23. The van der Waals surface area contributed by atoms with Crippen LogP contribution in [-0.4, -0.2) is 66.1 Å². The van der Waals surface area contributed by atoms with Crippen LogP contribution in [0.5, 0.6) is 5.75 Å². The monoisotopic (exact) mass is 667 g/mol. The van der Waals surface area contributed by atoms with Crippen molar-refractivity contribution in [3.63, 3.8) is 0 Å². The summed E-state index contributed by atoms with van der Waals surface area (Å²) in [7, 11) is -0.836. The predicted molar refractivity (Wildman–Crippen MR) is 189 cm³/mol. The summed E-state index contributed by atoms with van der Waals surface area (Å²) in [4.78, 5) is 30.2. The van der Waals surface area contributed by atoms with E-state index in [2.05, 4.69) is 20.5 Å². The minimum absolute atomic E-state index is 0.129. The van der Waals surface area contributed by atoms with Gasteiger partial charge in [-0.2, -0.15) is 10.6 Å². The van der Waals surface area contributed by atoms with Crippen molar-refractivity contribution in [2.45, 2.75) is 6.42 Å². The number of carbonyl (C=O) groups is 1. The molecule has 11 nitrogen and oxygen atoms in total. The van der Waals surface area contributed by atoms with Crippen molar-refractivity contribution in [1.82, 2.24) is 19.4 Å². The third-order valence-corrected chi connectivity index (χ3v) is 10.4. The largest absolute Gasteiger partial charge is 0.497 e. The van der Waals surface area contributed by atoms with Gasteiger partial charge in [-0.05, 0) is 60.2 Å². The molecular weight excluding hydrogens is 635 g/mol. The molecule has 4 N–H and O–H groups in total. The number of hydrogen-bond acceptors (Lipinski definition) is 10. The summed E-state index contributed by atoms with van der Waals surface area (Å²) in [5.74, 6) is 1.81. The maximum absolute atomic E-state index is 12.9. The standard InChI is InChI=1S/C34H33N7O4S2/c1-45-28-7-2-4-23(20-28)21-30(42)36-26-6-3-5-24(22-26)31-32(41-14-17-46-34(41)39-31)29-12-13-35-33(38-29)37-25-8-10-27(11-9-25)40-15-18-47(43,44)19-16-40/h2-14,17,20,22,43-44H,15-16,18-19,21H2,1H3,(H,36,42)(H,35,37,38). The van der Waals surface area contributed by atoms with E-state index in [9.17, 15) is 13.9 Å². The zero-order chi connectivity index (χ0) is 32.4. The van der Waals surface area contributed by atoms with Gasteiger partial charge in [0, 0.05) is 53.5 Å². The van der Waals surface area contributed by atoms with Crippen LogP contribution in [0, 0.1) is 0 Å². The van der Waals surface area contributed by atoms with E-state index in [1.54, 1.807) is 13.3 Å². The molecule has 0 saturated carbocycles. The van der Waals surface area contributed by atoms with Gasteiger partial charge in [-0.1, -0.05) is 24.3 Å². The molecule has 1 saturated heterocycles. The number of anilines is 4. The molecule has 1 amide bonds. The molecule has 3 aromatic carbocycles. The van der Waals surface area contributed by atoms with Gasteiger partial charge in [0.15, 0.2) is 4.96 Å². The second-order valence-corrected chi connectivity index (χ2v) is 14.5. The van der Waals surface area contributed by atoms with Crippen molar-refractivity contribution in [2.75, 3.05) is 47.2 Å². The molecule has 0 spiro atoms. The first-order chi connectivity index (χ1) is 22.8. The summed E-state index contributed by atoms with van der Waals surface area (Å²) in [6, 6.07) is 25.0. The first-order valence-corrected chi connectivity index (χ1v) is 17.8. The summed E-state index contributed by atoms with van der Waals surface area (Å²) in [5.41, 5.74) is 6.50. The minimum atomic E-state index is -2.44. The lowest BCUT2D eigenvalue weighted by Crippen LogP contribution is -2.38. The maximum atomic E-state index is 12.9. The average Bonchev–Trinajstić information content (AvgIpc) is 3.68. The second kappa shape index (κ2) is 13.0. The second-order valence-electron chi connectivity index (χ2n) is 11.2. The first kappa shape index (κ1) is 30.7. The van der Waals surface area contributed by atoms with Gasteiger partial charge < -0.3 is 20.3 Å². The summed E-state index contributed by atoms with van der Waals surface area (Å²) < 4.78 is 27.2. The molecule has 0 aliphatic carbocycles. The van der Waals surface area contributed by atoms with Crippen LogP contribution in [-0.2, 0) is 11.2 Å². The Hall–Kier alpha value is -4.95. The van der Waals surface area contributed by atoms with Gasteiger partial charge >= 0.3 is 0 Å². The third kappa shape index (κ3) is 6.93. The lowest BCUT2D eigenvalue weighted by Gasteiger charge is -2.41. The Kier molecular flexibility index (Phi) is 8.52. The van der Waals surface area contributed by atoms with Gasteiger partial charge in [0.2, 0.25) is 11.9 Å². The van der Waals surface area contributed by atoms with Crippen LogP contribution in [0.3, 0.4) is 0 Å². The van der Waals surface area contributed by atoms with Crippen molar-refractivity contribution >= 4 is 55.8 Å². The molecule has 0 bridgehead atoms. The quantitative estimate of drug-likeness (QED) is 0.128. The SMILES string of the molecule is COc1cccc(CC(=O)Nc2cccc(-c3nc4sccn4c3-c3ccnc(Nc4ccc(N5CCS(O)(O)CC5)cc4)n3)c2)c1. The highest BCUT2D eigenvalue weighted by Gasteiger charge is 2.23. The topological polar surface area (TPSA) is 137 Å². The van der Waals surface area contributed by atoms with Gasteiger partial charge in [0.1, 0.15) is 11.4 Å². The number of nitrogens with zero attached hydrogens (tertiary/aromatic N) is 5. The highest BCUT2D eigenvalue weighted by molar-refractivity contribution is 8.24. The molecule has 6 aromatic rings. The Labute approximate surface area is 277 Å². The highest BCUT2D eigenvalue weighted by atomic mass is 32.3. The van der Waals surface area contributed by atoms with E-state index in [0.29, 0.717) is 47.7 Å². The molecule has 0 radical (unpaired) electrons. The number of hydrogen-bond donors (Lipinski definition) is 4. The molecule has 47 heavy (non-hydrogen) atoms. The molecule has 0 atom stereocenters. The number of methoxy groups -OCH3 is 1. The zero-order valence-corrected chi connectivity index (χ0v) is 27.2. The van der Waals surface area contributed by atoms with E-state index >= 15 is 0 Å². The lowest BCUT2D eigenvalue weighted by atomic mass is 10.1. The van der Waals surface area contributed by atoms with E-state index in [1.807, 2.05) is 94.8 Å². The molecular formula is C34H33N7O4S2. The number of carbonyl (C=O) groups excluding carboxylic acids is 1. The third-order valence-electron chi connectivity index (χ3n) is 7.94. The van der Waals surface area contributed by atoms with Crippen molar-refractivity contribution in [1.29, 1.82) is 0 Å². The molecule has 1 fully saturated rings. The number of aromatic nitrogens is 4. The summed E-state index contributed by atoms with van der Waals surface area (Å²) >= 11 is 1.53. The zero-order valence-electron chi connectivity index (χ0n) is 25.5. The molecule has 240 valence electrons. The van der Waals surface area contributed by atoms with Crippen LogP contribution in [0.1, 0.15) is 5.56 Å². The normalized spacial score (nSPS) is 14.9. The van der Waals surface area contributed by atoms with Crippen LogP contribution in [0.4, 0.5) is 23.0 Å². The average molecular weight is 668 g/mol.